The molecule has 2 saturated carbocycles. The van der Waals surface area contributed by atoms with Crippen LogP contribution in [0.5, 0.6) is 0 Å². The molecular formula is C28H35N7O4. The molecule has 3 heterocycles. The zero-order chi connectivity index (χ0) is 27.3. The highest BCUT2D eigenvalue weighted by Crippen LogP contribution is 2.41. The van der Waals surface area contributed by atoms with Crippen molar-refractivity contribution < 1.29 is 19.2 Å². The summed E-state index contributed by atoms with van der Waals surface area (Å²) in [4.78, 5) is 33.9. The van der Waals surface area contributed by atoms with E-state index in [1.165, 1.54) is 4.90 Å². The molecule has 2 aliphatic carbocycles. The first kappa shape index (κ1) is 25.7. The lowest BCUT2D eigenvalue weighted by molar-refractivity contribution is -0.144. The minimum absolute atomic E-state index is 0.0672. The Hall–Kier alpha value is -3.60. The predicted octanol–water partition coefficient (Wildman–Crippen LogP) is 2.87. The lowest BCUT2D eigenvalue weighted by Gasteiger charge is -2.34. The molecule has 39 heavy (non-hydrogen) atoms. The van der Waals surface area contributed by atoms with Crippen LogP contribution in [0.25, 0.3) is 0 Å². The summed E-state index contributed by atoms with van der Waals surface area (Å²) in [5.41, 5.74) is 1.19. The average molecular weight is 534 g/mol. The van der Waals surface area contributed by atoms with Gasteiger partial charge in [0.15, 0.2) is 5.82 Å². The molecule has 3 aromatic rings. The van der Waals surface area contributed by atoms with Crippen LogP contribution in [-0.4, -0.2) is 65.6 Å². The summed E-state index contributed by atoms with van der Waals surface area (Å²) >= 11 is 0. The molecule has 0 spiro atoms. The molecule has 2 N–H and O–H groups in total. The van der Waals surface area contributed by atoms with E-state index in [-0.39, 0.29) is 30.7 Å². The number of benzene rings is 1. The van der Waals surface area contributed by atoms with Crippen molar-refractivity contribution in [1.29, 1.82) is 0 Å². The van der Waals surface area contributed by atoms with Crippen LogP contribution in [0.2, 0.25) is 0 Å². The van der Waals surface area contributed by atoms with Gasteiger partial charge in [-0.05, 0) is 36.7 Å². The summed E-state index contributed by atoms with van der Waals surface area (Å²) in [7, 11) is 0. The van der Waals surface area contributed by atoms with Gasteiger partial charge in [-0.15, -0.1) is 5.10 Å². The summed E-state index contributed by atoms with van der Waals surface area (Å²) in [6.07, 6.45) is 5.38. The second-order valence-electron chi connectivity index (χ2n) is 12.2. The number of aliphatic hydroxyl groups is 1. The first-order chi connectivity index (χ1) is 18.7. The van der Waals surface area contributed by atoms with Gasteiger partial charge in [0.2, 0.25) is 17.7 Å². The number of β-amino-alcohol motifs (C(OH)–C–C–N with tert-alkyl or cyclic N) is 1. The fraction of sp³-hybridized carbons (Fsp3) is 0.571. The SMILES string of the molecule is CC(C)(C)[C@@H](C(=O)N1CC(O)CC1C(=O)NC(c1ccccc1)c1noc(C2CC2)n1)n1cc(C2CC2)nn1. The highest BCUT2D eigenvalue weighted by molar-refractivity contribution is 5.90. The van der Waals surface area contributed by atoms with Crippen molar-refractivity contribution in [2.45, 2.75) is 88.9 Å². The number of aromatic nitrogens is 5. The molecule has 1 aromatic carbocycles. The molecule has 1 aliphatic heterocycles. The first-order valence-corrected chi connectivity index (χ1v) is 13.8. The van der Waals surface area contributed by atoms with Gasteiger partial charge in [-0.25, -0.2) is 4.68 Å². The largest absolute Gasteiger partial charge is 0.391 e. The minimum Gasteiger partial charge on any atom is -0.391 e. The van der Waals surface area contributed by atoms with Gasteiger partial charge in [0.05, 0.1) is 11.8 Å². The maximum absolute atomic E-state index is 14.1. The van der Waals surface area contributed by atoms with Crippen LogP contribution in [0.15, 0.2) is 41.1 Å². The summed E-state index contributed by atoms with van der Waals surface area (Å²) < 4.78 is 7.11. The molecular weight excluding hydrogens is 498 g/mol. The highest BCUT2D eigenvalue weighted by atomic mass is 16.5. The molecule has 206 valence electrons. The Morgan fingerprint density at radius 3 is 2.49 bits per heavy atom. The number of carbonyl (C=O) groups is 2. The van der Waals surface area contributed by atoms with E-state index in [0.29, 0.717) is 17.6 Å². The second-order valence-corrected chi connectivity index (χ2v) is 12.2. The molecule has 0 radical (unpaired) electrons. The standard InChI is InChI=1S/C28H35N7O4/c1-28(2,3)23(35-15-20(31-33-35)16-9-10-16)27(38)34-14-19(36)13-21(34)25(37)29-22(17-7-5-4-6-8-17)24-30-26(39-32-24)18-11-12-18/h4-8,15-16,18-19,21-23,36H,9-14H2,1-3H3,(H,29,37)/t19?,21?,22?,23-/m1/s1. The number of carbonyl (C=O) groups excluding carboxylic acids is 2. The lowest BCUT2D eigenvalue weighted by atomic mass is 9.85. The van der Waals surface area contributed by atoms with Gasteiger partial charge in [0.1, 0.15) is 18.1 Å². The van der Waals surface area contributed by atoms with Gasteiger partial charge in [-0.2, -0.15) is 4.98 Å². The Morgan fingerprint density at radius 1 is 1.10 bits per heavy atom. The van der Waals surface area contributed by atoms with E-state index < -0.39 is 29.6 Å². The average Bonchev–Trinajstić information content (AvgIpc) is 3.80. The molecule has 4 atom stereocenters. The van der Waals surface area contributed by atoms with E-state index in [0.717, 1.165) is 36.9 Å². The lowest BCUT2D eigenvalue weighted by Crippen LogP contribution is -2.51. The van der Waals surface area contributed by atoms with E-state index in [4.69, 9.17) is 4.52 Å². The molecule has 3 unspecified atom stereocenters. The van der Waals surface area contributed by atoms with Crippen LogP contribution in [0.1, 0.15) is 99.8 Å². The smallest absolute Gasteiger partial charge is 0.248 e. The maximum Gasteiger partial charge on any atom is 0.248 e. The van der Waals surface area contributed by atoms with Gasteiger partial charge in [0.25, 0.3) is 0 Å². The third kappa shape index (κ3) is 5.32. The van der Waals surface area contributed by atoms with Gasteiger partial charge in [-0.3, -0.25) is 9.59 Å². The molecule has 6 rings (SSSR count). The monoisotopic (exact) mass is 533 g/mol. The zero-order valence-corrected chi connectivity index (χ0v) is 22.5. The van der Waals surface area contributed by atoms with Crippen molar-refractivity contribution in [3.8, 4) is 0 Å². The van der Waals surface area contributed by atoms with E-state index in [1.807, 2.05) is 57.3 Å². The number of rotatable bonds is 8. The van der Waals surface area contributed by atoms with Crippen molar-refractivity contribution in [1.82, 2.24) is 35.4 Å². The van der Waals surface area contributed by atoms with Gasteiger partial charge < -0.3 is 19.8 Å². The Kier molecular flexibility index (Phi) is 6.49. The summed E-state index contributed by atoms with van der Waals surface area (Å²) in [5, 5.41) is 26.4. The van der Waals surface area contributed by atoms with Crippen LogP contribution in [0, 0.1) is 5.41 Å². The van der Waals surface area contributed by atoms with Crippen molar-refractivity contribution in [2.75, 3.05) is 6.54 Å². The molecule has 2 amide bonds. The van der Waals surface area contributed by atoms with Gasteiger partial charge >= 0.3 is 0 Å². The van der Waals surface area contributed by atoms with Crippen LogP contribution >= 0.6 is 0 Å². The Labute approximate surface area is 227 Å². The molecule has 2 aromatic heterocycles. The minimum atomic E-state index is -0.857. The fourth-order valence-electron chi connectivity index (χ4n) is 5.37. The van der Waals surface area contributed by atoms with Crippen LogP contribution in [0.3, 0.4) is 0 Å². The van der Waals surface area contributed by atoms with Crippen molar-refractivity contribution >= 4 is 11.8 Å². The maximum atomic E-state index is 14.1. The Morgan fingerprint density at radius 2 is 1.82 bits per heavy atom. The van der Waals surface area contributed by atoms with Gasteiger partial charge in [0, 0.05) is 31.0 Å². The fourth-order valence-corrected chi connectivity index (χ4v) is 5.37. The second kappa shape index (κ2) is 9.86. The normalized spacial score (nSPS) is 23.0. The topological polar surface area (TPSA) is 139 Å². The zero-order valence-electron chi connectivity index (χ0n) is 22.5. The third-order valence-electron chi connectivity index (χ3n) is 7.77. The third-order valence-corrected chi connectivity index (χ3v) is 7.77. The number of nitrogens with zero attached hydrogens (tertiary/aromatic N) is 6. The molecule has 11 nitrogen and oxygen atoms in total. The molecule has 1 saturated heterocycles. The van der Waals surface area contributed by atoms with E-state index in [1.54, 1.807) is 4.68 Å². The molecule has 11 heteroatoms. The van der Waals surface area contributed by atoms with E-state index in [2.05, 4.69) is 25.8 Å². The number of likely N-dealkylation sites (tertiary alicyclic amines) is 1. The summed E-state index contributed by atoms with van der Waals surface area (Å²) in [6, 6.07) is 7.25. The highest BCUT2D eigenvalue weighted by Gasteiger charge is 2.46. The first-order valence-electron chi connectivity index (χ1n) is 13.8. The summed E-state index contributed by atoms with van der Waals surface area (Å²) in [6.45, 7) is 5.97. The number of hydrogen-bond donors (Lipinski definition) is 2. The van der Waals surface area contributed by atoms with Gasteiger partial charge in [-0.1, -0.05) is 61.5 Å². The number of amides is 2. The van der Waals surface area contributed by atoms with Crippen LogP contribution in [-0.2, 0) is 9.59 Å². The summed E-state index contributed by atoms with van der Waals surface area (Å²) in [5.74, 6) is 0.996. The van der Waals surface area contributed by atoms with Crippen LogP contribution in [0.4, 0.5) is 0 Å². The van der Waals surface area contributed by atoms with E-state index in [9.17, 15) is 14.7 Å². The van der Waals surface area contributed by atoms with Crippen molar-refractivity contribution in [2.24, 2.45) is 5.41 Å². The molecule has 3 fully saturated rings. The number of hydrogen-bond acceptors (Lipinski definition) is 8. The number of aliphatic hydroxyl groups excluding tert-OH is 1. The van der Waals surface area contributed by atoms with Crippen molar-refractivity contribution in [3.63, 3.8) is 0 Å². The van der Waals surface area contributed by atoms with Crippen molar-refractivity contribution in [3.05, 3.63) is 59.5 Å². The Balaban J connectivity index is 1.26. The molecule has 3 aliphatic rings. The number of nitrogens with one attached hydrogen (secondary N) is 1. The van der Waals surface area contributed by atoms with Crippen LogP contribution < -0.4 is 5.32 Å². The van der Waals surface area contributed by atoms with E-state index >= 15 is 0 Å². The molecule has 0 bridgehead atoms. The predicted molar refractivity (Wildman–Crippen MR) is 139 cm³/mol. The Bertz CT molecular complexity index is 1340. The quantitative estimate of drug-likeness (QED) is 0.451.